The molecule has 8 nitrogen and oxygen atoms in total. The zero-order chi connectivity index (χ0) is 19.6. The van der Waals surface area contributed by atoms with Gasteiger partial charge in [0.25, 0.3) is 5.91 Å². The van der Waals surface area contributed by atoms with E-state index in [2.05, 4.69) is 26.0 Å². The van der Waals surface area contributed by atoms with Gasteiger partial charge in [0.1, 0.15) is 17.9 Å². The van der Waals surface area contributed by atoms with Gasteiger partial charge in [0.2, 0.25) is 5.91 Å². The van der Waals surface area contributed by atoms with E-state index in [1.807, 2.05) is 0 Å². The van der Waals surface area contributed by atoms with E-state index in [4.69, 9.17) is 4.74 Å². The highest BCUT2D eigenvalue weighted by molar-refractivity contribution is 9.10. The lowest BCUT2D eigenvalue weighted by Gasteiger charge is -2.29. The highest BCUT2D eigenvalue weighted by Gasteiger charge is 2.28. The topological polar surface area (TPSA) is 105 Å². The number of carbonyl (C=O) groups excluding carboxylic acids is 3. The molecule has 0 bridgehead atoms. The fourth-order valence-electron chi connectivity index (χ4n) is 2.60. The number of carbonyl (C=O) groups is 3. The maximum atomic E-state index is 12.4. The first-order valence-electron chi connectivity index (χ1n) is 7.83. The van der Waals surface area contributed by atoms with Gasteiger partial charge in [-0.1, -0.05) is 22.0 Å². The molecule has 3 rings (SSSR count). The van der Waals surface area contributed by atoms with Crippen molar-refractivity contribution in [1.29, 1.82) is 0 Å². The maximum absolute atomic E-state index is 12.4. The number of nitrogens with one attached hydrogen (secondary N) is 1. The zero-order valence-corrected chi connectivity index (χ0v) is 15.8. The predicted molar refractivity (Wildman–Crippen MR) is 100 cm³/mol. The van der Waals surface area contributed by atoms with Crippen LogP contribution in [0.15, 0.2) is 40.9 Å². The fourth-order valence-corrected chi connectivity index (χ4v) is 2.94. The smallest absolute Gasteiger partial charge is 0.341 e. The fraction of sp³-hybridized carbons (Fsp3) is 0.167. The van der Waals surface area contributed by atoms with Crippen LogP contribution in [0.1, 0.15) is 10.4 Å². The van der Waals surface area contributed by atoms with Crippen molar-refractivity contribution in [2.75, 3.05) is 30.5 Å². The number of aromatic hydroxyl groups is 1. The number of amides is 2. The Morgan fingerprint density at radius 2 is 2.11 bits per heavy atom. The van der Waals surface area contributed by atoms with E-state index in [-0.39, 0.29) is 30.3 Å². The van der Waals surface area contributed by atoms with E-state index in [0.29, 0.717) is 11.4 Å². The van der Waals surface area contributed by atoms with E-state index in [0.717, 1.165) is 4.47 Å². The molecule has 9 heteroatoms. The second kappa shape index (κ2) is 7.67. The second-order valence-corrected chi connectivity index (χ2v) is 6.54. The lowest BCUT2D eigenvalue weighted by atomic mass is 10.1. The molecular formula is C18H15BrN2O6. The number of nitrogens with zero attached hydrogens (tertiary/aromatic N) is 1. The number of fused-ring (bicyclic) bond motifs is 1. The summed E-state index contributed by atoms with van der Waals surface area (Å²) in [5.74, 6) is -1.57. The monoisotopic (exact) mass is 434 g/mol. The van der Waals surface area contributed by atoms with Gasteiger partial charge >= 0.3 is 5.97 Å². The van der Waals surface area contributed by atoms with Crippen LogP contribution in [0.3, 0.4) is 0 Å². The molecular weight excluding hydrogens is 420 g/mol. The molecule has 1 heterocycles. The molecule has 1 aliphatic heterocycles. The first-order valence-corrected chi connectivity index (χ1v) is 8.63. The quantitative estimate of drug-likeness (QED) is 0.564. The van der Waals surface area contributed by atoms with Gasteiger partial charge in [-0.15, -0.1) is 0 Å². The molecule has 2 N–H and O–H groups in total. The van der Waals surface area contributed by atoms with Gasteiger partial charge < -0.3 is 19.9 Å². The minimum atomic E-state index is -0.730. The minimum Gasteiger partial charge on any atom is -0.505 e. The number of benzene rings is 2. The average Bonchev–Trinajstić information content (AvgIpc) is 2.65. The van der Waals surface area contributed by atoms with Crippen molar-refractivity contribution in [2.45, 2.75) is 0 Å². The third-order valence-corrected chi connectivity index (χ3v) is 4.38. The normalized spacial score (nSPS) is 12.8. The van der Waals surface area contributed by atoms with E-state index in [1.54, 1.807) is 18.2 Å². The summed E-state index contributed by atoms with van der Waals surface area (Å²) in [4.78, 5) is 37.5. The van der Waals surface area contributed by atoms with E-state index < -0.39 is 17.6 Å². The first-order chi connectivity index (χ1) is 12.9. The molecule has 0 radical (unpaired) electrons. The van der Waals surface area contributed by atoms with E-state index >= 15 is 0 Å². The summed E-state index contributed by atoms with van der Waals surface area (Å²) in [6.45, 7) is -0.460. The highest BCUT2D eigenvalue weighted by atomic mass is 79.9. The molecule has 0 spiro atoms. The summed E-state index contributed by atoms with van der Waals surface area (Å²) in [6.07, 6.45) is 0. The standard InChI is InChI=1S/C18H15BrN2O6/c1-26-18(25)11-3-2-4-12(17(11)24)20-15(22)8-21-13-6-5-10(19)7-14(13)27-9-16(21)23/h2-7,24H,8-9H2,1H3,(H,20,22). The molecule has 0 aromatic heterocycles. The average molecular weight is 435 g/mol. The number of esters is 1. The van der Waals surface area contributed by atoms with Gasteiger partial charge in [-0.25, -0.2) is 4.79 Å². The summed E-state index contributed by atoms with van der Waals surface area (Å²) < 4.78 is 10.7. The number of ether oxygens (including phenoxy) is 2. The molecule has 1 aliphatic rings. The third kappa shape index (κ3) is 3.87. The molecule has 0 aliphatic carbocycles. The van der Waals surface area contributed by atoms with Gasteiger partial charge in [-0.05, 0) is 30.3 Å². The molecule has 0 saturated carbocycles. The summed E-state index contributed by atoms with van der Waals surface area (Å²) in [6, 6.07) is 9.41. The molecule has 2 aromatic carbocycles. The highest BCUT2D eigenvalue weighted by Crippen LogP contribution is 2.34. The number of anilines is 2. The Labute approximate surface area is 162 Å². The summed E-state index contributed by atoms with van der Waals surface area (Å²) >= 11 is 3.32. The largest absolute Gasteiger partial charge is 0.505 e. The van der Waals surface area contributed by atoms with Crippen LogP contribution in [-0.4, -0.2) is 43.2 Å². The van der Waals surface area contributed by atoms with Crippen LogP contribution >= 0.6 is 15.9 Å². The Kier molecular flexibility index (Phi) is 5.31. The number of phenols is 1. The van der Waals surface area contributed by atoms with Crippen molar-refractivity contribution in [3.05, 3.63) is 46.4 Å². The molecule has 27 heavy (non-hydrogen) atoms. The van der Waals surface area contributed by atoms with Crippen LogP contribution < -0.4 is 15.0 Å². The van der Waals surface area contributed by atoms with Crippen LogP contribution in [0.25, 0.3) is 0 Å². The van der Waals surface area contributed by atoms with Crippen LogP contribution in [-0.2, 0) is 14.3 Å². The Hall–Kier alpha value is -3.07. The maximum Gasteiger partial charge on any atom is 0.341 e. The van der Waals surface area contributed by atoms with E-state index in [1.165, 1.54) is 30.2 Å². The SMILES string of the molecule is COC(=O)c1cccc(NC(=O)CN2C(=O)COc3cc(Br)ccc32)c1O. The van der Waals surface area contributed by atoms with Gasteiger partial charge in [0.15, 0.2) is 12.4 Å². The number of halogens is 1. The van der Waals surface area contributed by atoms with Crippen molar-refractivity contribution >= 4 is 45.1 Å². The van der Waals surface area contributed by atoms with Crippen LogP contribution in [0.2, 0.25) is 0 Å². The van der Waals surface area contributed by atoms with E-state index in [9.17, 15) is 19.5 Å². The summed E-state index contributed by atoms with van der Waals surface area (Å²) in [7, 11) is 1.19. The molecule has 0 atom stereocenters. The van der Waals surface area contributed by atoms with Crippen molar-refractivity contribution in [1.82, 2.24) is 0 Å². The third-order valence-electron chi connectivity index (χ3n) is 3.88. The Balaban J connectivity index is 1.79. The van der Waals surface area contributed by atoms with Crippen molar-refractivity contribution < 1.29 is 29.0 Å². The van der Waals surface area contributed by atoms with Crippen molar-refractivity contribution in [3.63, 3.8) is 0 Å². The van der Waals surface area contributed by atoms with Gasteiger partial charge in [-0.2, -0.15) is 0 Å². The number of phenolic OH excluding ortho intramolecular Hbond substituents is 1. The van der Waals surface area contributed by atoms with Crippen LogP contribution in [0, 0.1) is 0 Å². The number of hydrogen-bond acceptors (Lipinski definition) is 6. The van der Waals surface area contributed by atoms with Crippen molar-refractivity contribution in [3.8, 4) is 11.5 Å². The Morgan fingerprint density at radius 3 is 2.85 bits per heavy atom. The lowest BCUT2D eigenvalue weighted by Crippen LogP contribution is -2.43. The molecule has 0 unspecified atom stereocenters. The van der Waals surface area contributed by atoms with Gasteiger partial charge in [0.05, 0.1) is 18.5 Å². The minimum absolute atomic E-state index is 0.0413. The van der Waals surface area contributed by atoms with Crippen LogP contribution in [0.4, 0.5) is 11.4 Å². The summed E-state index contributed by atoms with van der Waals surface area (Å²) in [5, 5.41) is 12.7. The van der Waals surface area contributed by atoms with Gasteiger partial charge in [0, 0.05) is 4.47 Å². The zero-order valence-electron chi connectivity index (χ0n) is 14.2. The number of methoxy groups -OCH3 is 1. The van der Waals surface area contributed by atoms with Crippen LogP contribution in [0.5, 0.6) is 11.5 Å². The molecule has 2 aromatic rings. The first kappa shape index (κ1) is 18.7. The lowest BCUT2D eigenvalue weighted by molar-refractivity contribution is -0.123. The number of hydrogen-bond donors (Lipinski definition) is 2. The molecule has 0 fully saturated rings. The Bertz CT molecular complexity index is 930. The van der Waals surface area contributed by atoms with Crippen molar-refractivity contribution in [2.24, 2.45) is 0 Å². The number of para-hydroxylation sites is 1. The summed E-state index contributed by atoms with van der Waals surface area (Å²) in [5.41, 5.74) is 0.435. The molecule has 140 valence electrons. The second-order valence-electron chi connectivity index (χ2n) is 5.62. The van der Waals surface area contributed by atoms with Gasteiger partial charge in [-0.3, -0.25) is 14.5 Å². The molecule has 2 amide bonds. The molecule has 0 saturated heterocycles. The predicted octanol–water partition coefficient (Wildman–Crippen LogP) is 2.31. The number of rotatable bonds is 4. The Morgan fingerprint density at radius 1 is 1.33 bits per heavy atom.